The van der Waals surface area contributed by atoms with E-state index in [9.17, 15) is 0 Å². The van der Waals surface area contributed by atoms with Crippen LogP contribution < -0.4 is 10.6 Å². The predicted molar refractivity (Wildman–Crippen MR) is 79.9 cm³/mol. The predicted octanol–water partition coefficient (Wildman–Crippen LogP) is 2.87. The van der Waals surface area contributed by atoms with Gasteiger partial charge in [0.25, 0.3) is 0 Å². The average Bonchev–Trinajstić information content (AvgIpc) is 2.36. The molecule has 0 saturated carbocycles. The van der Waals surface area contributed by atoms with Crippen LogP contribution in [0.2, 0.25) is 0 Å². The van der Waals surface area contributed by atoms with Crippen LogP contribution in [0, 0.1) is 0 Å². The van der Waals surface area contributed by atoms with Crippen LogP contribution in [0.4, 0.5) is 11.6 Å². The largest absolute Gasteiger partial charge is 0.385 e. The Morgan fingerprint density at radius 1 is 1.21 bits per heavy atom. The van der Waals surface area contributed by atoms with Gasteiger partial charge in [0.1, 0.15) is 18.0 Å². The molecule has 1 atom stereocenters. The first-order valence-corrected chi connectivity index (χ1v) is 6.94. The molecule has 1 heterocycles. The summed E-state index contributed by atoms with van der Waals surface area (Å²) in [5, 5.41) is 6.75. The van der Waals surface area contributed by atoms with Gasteiger partial charge in [-0.15, -0.1) is 0 Å². The lowest BCUT2D eigenvalue weighted by atomic mass is 10.0. The summed E-state index contributed by atoms with van der Waals surface area (Å²) in [7, 11) is 1.72. The maximum absolute atomic E-state index is 5.11. The van der Waals surface area contributed by atoms with Crippen molar-refractivity contribution >= 4 is 11.6 Å². The van der Waals surface area contributed by atoms with E-state index >= 15 is 0 Å². The van der Waals surface area contributed by atoms with E-state index in [0.717, 1.165) is 36.8 Å². The summed E-state index contributed by atoms with van der Waals surface area (Å²) in [4.78, 5) is 8.72. The van der Waals surface area contributed by atoms with Crippen molar-refractivity contribution < 1.29 is 4.74 Å². The SMILES string of the molecule is CCNc1ncnc(NC(C)CCOC)c1C(C)C. The number of anilines is 2. The molecule has 0 saturated heterocycles. The van der Waals surface area contributed by atoms with Crippen molar-refractivity contribution in [1.82, 2.24) is 9.97 Å². The quantitative estimate of drug-likeness (QED) is 0.757. The van der Waals surface area contributed by atoms with Gasteiger partial charge in [-0.2, -0.15) is 0 Å². The zero-order valence-corrected chi connectivity index (χ0v) is 12.7. The fourth-order valence-corrected chi connectivity index (χ4v) is 1.97. The molecule has 0 radical (unpaired) electrons. The van der Waals surface area contributed by atoms with Crippen LogP contribution in [-0.2, 0) is 4.74 Å². The van der Waals surface area contributed by atoms with Gasteiger partial charge in [0, 0.05) is 31.9 Å². The topological polar surface area (TPSA) is 59.1 Å². The molecule has 0 spiro atoms. The first-order chi connectivity index (χ1) is 9.10. The van der Waals surface area contributed by atoms with Gasteiger partial charge in [0.2, 0.25) is 0 Å². The molecule has 1 aromatic heterocycles. The monoisotopic (exact) mass is 266 g/mol. The Hall–Kier alpha value is -1.36. The van der Waals surface area contributed by atoms with E-state index in [2.05, 4.69) is 48.3 Å². The van der Waals surface area contributed by atoms with Crippen molar-refractivity contribution in [3.63, 3.8) is 0 Å². The van der Waals surface area contributed by atoms with Crippen molar-refractivity contribution in [3.8, 4) is 0 Å². The lowest BCUT2D eigenvalue weighted by Gasteiger charge is -2.20. The Morgan fingerprint density at radius 2 is 1.89 bits per heavy atom. The summed E-state index contributed by atoms with van der Waals surface area (Å²) in [6.07, 6.45) is 2.56. The van der Waals surface area contributed by atoms with E-state index in [-0.39, 0.29) is 0 Å². The zero-order chi connectivity index (χ0) is 14.3. The Kier molecular flexibility index (Phi) is 6.56. The third-order valence-electron chi connectivity index (χ3n) is 2.94. The molecule has 0 amide bonds. The Bertz CT molecular complexity index is 382. The zero-order valence-electron chi connectivity index (χ0n) is 12.7. The van der Waals surface area contributed by atoms with Crippen LogP contribution >= 0.6 is 0 Å². The van der Waals surface area contributed by atoms with E-state index in [1.807, 2.05) is 0 Å². The van der Waals surface area contributed by atoms with E-state index in [1.54, 1.807) is 13.4 Å². The highest BCUT2D eigenvalue weighted by molar-refractivity contribution is 5.59. The molecular weight excluding hydrogens is 240 g/mol. The first-order valence-electron chi connectivity index (χ1n) is 6.94. The van der Waals surface area contributed by atoms with E-state index < -0.39 is 0 Å². The summed E-state index contributed by atoms with van der Waals surface area (Å²) in [6.45, 7) is 10.1. The molecular formula is C14H26N4O. The summed E-state index contributed by atoms with van der Waals surface area (Å²) in [5.41, 5.74) is 1.15. The molecule has 2 N–H and O–H groups in total. The fraction of sp³-hybridized carbons (Fsp3) is 0.714. The molecule has 5 nitrogen and oxygen atoms in total. The number of nitrogens with zero attached hydrogens (tertiary/aromatic N) is 2. The second-order valence-electron chi connectivity index (χ2n) is 5.00. The average molecular weight is 266 g/mol. The number of hydrogen-bond donors (Lipinski definition) is 2. The van der Waals surface area contributed by atoms with Gasteiger partial charge in [0.15, 0.2) is 0 Å². The second-order valence-corrected chi connectivity index (χ2v) is 5.00. The van der Waals surface area contributed by atoms with Crippen LogP contribution in [0.15, 0.2) is 6.33 Å². The molecule has 0 aliphatic heterocycles. The highest BCUT2D eigenvalue weighted by Gasteiger charge is 2.15. The normalized spacial score (nSPS) is 12.5. The highest BCUT2D eigenvalue weighted by Crippen LogP contribution is 2.28. The number of ether oxygens (including phenoxy) is 1. The van der Waals surface area contributed by atoms with Crippen LogP contribution in [0.1, 0.15) is 45.6 Å². The Balaban J connectivity index is 2.89. The molecule has 0 aromatic carbocycles. The van der Waals surface area contributed by atoms with Crippen molar-refractivity contribution in [3.05, 3.63) is 11.9 Å². The minimum absolute atomic E-state index is 0.321. The standard InChI is InChI=1S/C14H26N4O/c1-6-15-13-12(10(2)3)14(17-9-16-13)18-11(4)7-8-19-5/h9-11H,6-8H2,1-5H3,(H2,15,16,17,18). The van der Waals surface area contributed by atoms with Crippen molar-refractivity contribution in [2.45, 2.75) is 46.1 Å². The maximum atomic E-state index is 5.11. The van der Waals surface area contributed by atoms with Crippen molar-refractivity contribution in [1.29, 1.82) is 0 Å². The first kappa shape index (κ1) is 15.7. The van der Waals surface area contributed by atoms with Gasteiger partial charge in [0.05, 0.1) is 0 Å². The maximum Gasteiger partial charge on any atom is 0.135 e. The summed E-state index contributed by atoms with van der Waals surface area (Å²) < 4.78 is 5.11. The van der Waals surface area contributed by atoms with E-state index in [0.29, 0.717) is 12.0 Å². The molecule has 0 aliphatic carbocycles. The minimum atomic E-state index is 0.321. The molecule has 1 aromatic rings. The summed E-state index contributed by atoms with van der Waals surface area (Å²) in [5.74, 6) is 2.21. The van der Waals surface area contributed by atoms with Crippen molar-refractivity contribution in [2.75, 3.05) is 30.9 Å². The number of hydrogen-bond acceptors (Lipinski definition) is 5. The third-order valence-corrected chi connectivity index (χ3v) is 2.94. The van der Waals surface area contributed by atoms with E-state index in [1.165, 1.54) is 0 Å². The van der Waals surface area contributed by atoms with Crippen LogP contribution in [0.3, 0.4) is 0 Å². The van der Waals surface area contributed by atoms with Crippen molar-refractivity contribution in [2.24, 2.45) is 0 Å². The van der Waals surface area contributed by atoms with Crippen LogP contribution in [-0.4, -0.2) is 36.3 Å². The van der Waals surface area contributed by atoms with Gasteiger partial charge in [-0.05, 0) is 26.2 Å². The van der Waals surface area contributed by atoms with Crippen LogP contribution in [0.5, 0.6) is 0 Å². The highest BCUT2D eigenvalue weighted by atomic mass is 16.5. The Morgan fingerprint density at radius 3 is 2.47 bits per heavy atom. The number of methoxy groups -OCH3 is 1. The van der Waals surface area contributed by atoms with Gasteiger partial charge >= 0.3 is 0 Å². The molecule has 0 bridgehead atoms. The van der Waals surface area contributed by atoms with Gasteiger partial charge < -0.3 is 15.4 Å². The lowest BCUT2D eigenvalue weighted by molar-refractivity contribution is 0.191. The van der Waals surface area contributed by atoms with Crippen LogP contribution in [0.25, 0.3) is 0 Å². The smallest absolute Gasteiger partial charge is 0.135 e. The molecule has 108 valence electrons. The fourth-order valence-electron chi connectivity index (χ4n) is 1.97. The summed E-state index contributed by atoms with van der Waals surface area (Å²) >= 11 is 0. The number of rotatable bonds is 8. The molecule has 1 unspecified atom stereocenters. The number of nitrogens with one attached hydrogen (secondary N) is 2. The lowest BCUT2D eigenvalue weighted by Crippen LogP contribution is -2.20. The third kappa shape index (κ3) is 4.67. The molecule has 5 heteroatoms. The van der Waals surface area contributed by atoms with Gasteiger partial charge in [-0.3, -0.25) is 0 Å². The molecule has 19 heavy (non-hydrogen) atoms. The van der Waals surface area contributed by atoms with E-state index in [4.69, 9.17) is 4.74 Å². The van der Waals surface area contributed by atoms with Gasteiger partial charge in [-0.25, -0.2) is 9.97 Å². The summed E-state index contributed by atoms with van der Waals surface area (Å²) in [6, 6.07) is 0.321. The molecule has 1 rings (SSSR count). The Labute approximate surface area is 116 Å². The molecule has 0 aliphatic rings. The van der Waals surface area contributed by atoms with Gasteiger partial charge in [-0.1, -0.05) is 13.8 Å². The second kappa shape index (κ2) is 7.94. The minimum Gasteiger partial charge on any atom is -0.385 e. The number of aromatic nitrogens is 2. The molecule has 0 fully saturated rings.